The lowest BCUT2D eigenvalue weighted by Gasteiger charge is -2.13. The van der Waals surface area contributed by atoms with Gasteiger partial charge < -0.3 is 15.0 Å². The number of hydrogen-bond donors (Lipinski definition) is 1. The number of benzene rings is 3. The largest absolute Gasteiger partial charge is 0.434 e. The molecule has 4 aromatic rings. The molecule has 0 saturated carbocycles. The highest BCUT2D eigenvalue weighted by molar-refractivity contribution is 6.17. The highest BCUT2D eigenvalue weighted by atomic mass is 19.3. The molecule has 165 valence electrons. The summed E-state index contributed by atoms with van der Waals surface area (Å²) in [5, 5.41) is 1.52. The van der Waals surface area contributed by atoms with Crippen molar-refractivity contribution in [2.75, 3.05) is 0 Å². The molecule has 2 N–H and O–H groups in total. The zero-order chi connectivity index (χ0) is 22.7. The first-order valence-electron chi connectivity index (χ1n) is 10.8. The van der Waals surface area contributed by atoms with Crippen LogP contribution >= 0.6 is 0 Å². The van der Waals surface area contributed by atoms with Crippen LogP contribution in [0.15, 0.2) is 54.6 Å². The topological polar surface area (TPSA) is 57.2 Å². The van der Waals surface area contributed by atoms with Crippen molar-refractivity contribution in [3.05, 3.63) is 77.4 Å². The van der Waals surface area contributed by atoms with E-state index >= 15 is 0 Å². The Morgan fingerprint density at radius 3 is 2.69 bits per heavy atom. The van der Waals surface area contributed by atoms with E-state index in [4.69, 9.17) is 10.5 Å². The minimum atomic E-state index is -2.91. The van der Waals surface area contributed by atoms with E-state index in [1.165, 1.54) is 6.07 Å². The lowest BCUT2D eigenvalue weighted by Crippen LogP contribution is -2.11. The van der Waals surface area contributed by atoms with Crippen molar-refractivity contribution < 1.29 is 18.3 Å². The van der Waals surface area contributed by atoms with Crippen LogP contribution in [0.2, 0.25) is 0 Å². The molecule has 0 bridgehead atoms. The number of unbranched alkanes of at least 4 members (excludes halogenated alkanes) is 2. The van der Waals surface area contributed by atoms with E-state index in [1.807, 2.05) is 16.7 Å². The van der Waals surface area contributed by atoms with Crippen molar-refractivity contribution in [2.45, 2.75) is 45.8 Å². The fraction of sp³-hybridized carbons (Fsp3) is 0.269. The molecule has 1 amide bonds. The van der Waals surface area contributed by atoms with E-state index in [2.05, 4.69) is 19.1 Å². The second-order valence-corrected chi connectivity index (χ2v) is 7.86. The Labute approximate surface area is 185 Å². The lowest BCUT2D eigenvalue weighted by molar-refractivity contribution is -0.0504. The van der Waals surface area contributed by atoms with E-state index in [0.717, 1.165) is 53.1 Å². The van der Waals surface area contributed by atoms with Crippen LogP contribution in [0, 0.1) is 6.07 Å². The fourth-order valence-electron chi connectivity index (χ4n) is 4.21. The summed E-state index contributed by atoms with van der Waals surface area (Å²) in [6.07, 6.45) is 4.28. The van der Waals surface area contributed by atoms with Gasteiger partial charge in [0.05, 0.1) is 17.6 Å². The summed E-state index contributed by atoms with van der Waals surface area (Å²) in [6.45, 7) is -0.441. The summed E-state index contributed by atoms with van der Waals surface area (Å²) in [6, 6.07) is 19.6. The number of nitrogens with two attached hydrogens (primary N) is 1. The third-order valence-electron chi connectivity index (χ3n) is 5.71. The Bertz CT molecular complexity index is 1260. The maximum atomic E-state index is 12.9. The molecule has 0 saturated heterocycles. The summed E-state index contributed by atoms with van der Waals surface area (Å²) in [5.74, 6) is -0.386. The molecule has 1 radical (unpaired) electrons. The van der Waals surface area contributed by atoms with Crippen molar-refractivity contribution in [1.29, 1.82) is 0 Å². The first kappa shape index (κ1) is 21.8. The number of rotatable bonds is 9. The van der Waals surface area contributed by atoms with Gasteiger partial charge in [-0.05, 0) is 48.7 Å². The zero-order valence-electron chi connectivity index (χ0n) is 17.9. The first-order chi connectivity index (χ1) is 15.5. The minimum absolute atomic E-state index is 0.131. The van der Waals surface area contributed by atoms with Gasteiger partial charge in [0.1, 0.15) is 5.75 Å². The number of aryl methyl sites for hydroxylation is 1. The molecule has 4 nitrogen and oxygen atoms in total. The monoisotopic (exact) mass is 435 g/mol. The molecule has 0 aliphatic carbocycles. The molecular weight excluding hydrogens is 410 g/mol. The molecule has 1 aromatic heterocycles. The van der Waals surface area contributed by atoms with Gasteiger partial charge in [0.2, 0.25) is 5.91 Å². The number of hydrogen-bond acceptors (Lipinski definition) is 2. The fourth-order valence-corrected chi connectivity index (χ4v) is 4.21. The highest BCUT2D eigenvalue weighted by Gasteiger charge is 2.18. The normalized spacial score (nSPS) is 11.5. The molecule has 0 unspecified atom stereocenters. The summed E-state index contributed by atoms with van der Waals surface area (Å²) in [7, 11) is 0. The number of amides is 1. The summed E-state index contributed by atoms with van der Waals surface area (Å²) in [4.78, 5) is 12.1. The first-order valence-corrected chi connectivity index (χ1v) is 10.8. The number of alkyl halides is 2. The van der Waals surface area contributed by atoms with E-state index < -0.39 is 12.5 Å². The molecule has 32 heavy (non-hydrogen) atoms. The number of para-hydroxylation sites is 1. The smallest absolute Gasteiger partial charge is 0.387 e. The number of halogens is 2. The predicted molar refractivity (Wildman–Crippen MR) is 122 cm³/mol. The van der Waals surface area contributed by atoms with Crippen LogP contribution in [0.5, 0.6) is 5.75 Å². The van der Waals surface area contributed by atoms with Crippen LogP contribution in [0.3, 0.4) is 0 Å². The van der Waals surface area contributed by atoms with Crippen LogP contribution in [0.25, 0.3) is 21.8 Å². The lowest BCUT2D eigenvalue weighted by atomic mass is 10.0. The van der Waals surface area contributed by atoms with Crippen molar-refractivity contribution in [2.24, 2.45) is 5.73 Å². The standard InChI is InChI=1S/C26H25F2N2O2/c1-2-3-4-8-17-13-14-19-22(15-17)30(21-11-7-10-20(24(19)21)25(29)31)16-18-9-5-6-12-23(18)32-26(27)28/h5-7,9-13,15,26H,2-4,8,16H2,1H3,(H2,29,31). The van der Waals surface area contributed by atoms with Gasteiger partial charge in [0, 0.05) is 21.9 Å². The van der Waals surface area contributed by atoms with Crippen LogP contribution in [0.1, 0.15) is 47.7 Å². The Kier molecular flexibility index (Phi) is 6.40. The number of nitrogens with zero attached hydrogens (tertiary/aromatic N) is 1. The van der Waals surface area contributed by atoms with Gasteiger partial charge in [0.25, 0.3) is 0 Å². The second-order valence-electron chi connectivity index (χ2n) is 7.86. The SMILES string of the molecule is CCCCCc1c[c]c2c3c(C(N)=O)cccc3n(Cc3ccccc3OC(F)F)c2c1. The molecule has 0 aliphatic rings. The Balaban J connectivity index is 1.90. The number of primary amides is 1. The maximum Gasteiger partial charge on any atom is 0.387 e. The van der Waals surface area contributed by atoms with Crippen molar-refractivity contribution in [3.8, 4) is 5.75 Å². The predicted octanol–water partition coefficient (Wildman–Crippen LogP) is 6.08. The maximum absolute atomic E-state index is 12.9. The van der Waals surface area contributed by atoms with Crippen molar-refractivity contribution in [1.82, 2.24) is 4.57 Å². The molecule has 0 spiro atoms. The molecular formula is C26H25F2N2O2. The Morgan fingerprint density at radius 1 is 1.12 bits per heavy atom. The van der Waals surface area contributed by atoms with Gasteiger partial charge in [-0.3, -0.25) is 4.79 Å². The number of carbonyl (C=O) groups excluding carboxylic acids is 1. The molecule has 4 rings (SSSR count). The van der Waals surface area contributed by atoms with E-state index in [9.17, 15) is 13.6 Å². The highest BCUT2D eigenvalue weighted by Crippen LogP contribution is 2.34. The zero-order valence-corrected chi connectivity index (χ0v) is 17.9. The Hall–Kier alpha value is -3.41. The average molecular weight is 435 g/mol. The quantitative estimate of drug-likeness (QED) is 0.324. The number of ether oxygens (including phenoxy) is 1. The Morgan fingerprint density at radius 2 is 1.94 bits per heavy atom. The molecule has 3 aromatic carbocycles. The van der Waals surface area contributed by atoms with Gasteiger partial charge in [-0.15, -0.1) is 0 Å². The molecule has 1 heterocycles. The minimum Gasteiger partial charge on any atom is -0.434 e. The van der Waals surface area contributed by atoms with Crippen LogP contribution in [0.4, 0.5) is 8.78 Å². The van der Waals surface area contributed by atoms with Crippen LogP contribution < -0.4 is 10.5 Å². The van der Waals surface area contributed by atoms with Crippen LogP contribution in [-0.2, 0) is 13.0 Å². The average Bonchev–Trinajstić information content (AvgIpc) is 3.08. The number of aromatic nitrogens is 1. The number of carbonyl (C=O) groups is 1. The van der Waals surface area contributed by atoms with E-state index in [-0.39, 0.29) is 5.75 Å². The van der Waals surface area contributed by atoms with Gasteiger partial charge in [-0.1, -0.05) is 50.1 Å². The van der Waals surface area contributed by atoms with Gasteiger partial charge >= 0.3 is 6.61 Å². The molecule has 0 atom stereocenters. The molecule has 0 aliphatic heterocycles. The van der Waals surface area contributed by atoms with Gasteiger partial charge in [0.15, 0.2) is 0 Å². The second kappa shape index (κ2) is 9.39. The summed E-state index contributed by atoms with van der Waals surface area (Å²) >= 11 is 0. The summed E-state index contributed by atoms with van der Waals surface area (Å²) in [5.41, 5.74) is 9.52. The third kappa shape index (κ3) is 4.31. The van der Waals surface area contributed by atoms with E-state index in [0.29, 0.717) is 17.7 Å². The molecule has 6 heteroatoms. The van der Waals surface area contributed by atoms with Crippen molar-refractivity contribution >= 4 is 27.7 Å². The van der Waals surface area contributed by atoms with Crippen molar-refractivity contribution in [3.63, 3.8) is 0 Å². The van der Waals surface area contributed by atoms with Crippen LogP contribution in [-0.4, -0.2) is 17.1 Å². The van der Waals surface area contributed by atoms with Gasteiger partial charge in [-0.2, -0.15) is 8.78 Å². The van der Waals surface area contributed by atoms with E-state index in [1.54, 1.807) is 30.3 Å². The van der Waals surface area contributed by atoms with Gasteiger partial charge in [-0.25, -0.2) is 0 Å². The number of fused-ring (bicyclic) bond motifs is 3. The third-order valence-corrected chi connectivity index (χ3v) is 5.71. The molecule has 0 fully saturated rings. The summed E-state index contributed by atoms with van der Waals surface area (Å²) < 4.78 is 32.6.